The molecule has 3 rings (SSSR count). The fourth-order valence-corrected chi connectivity index (χ4v) is 3.69. The van der Waals surface area contributed by atoms with Crippen LogP contribution in [0.4, 0.5) is 5.69 Å². The first-order valence-corrected chi connectivity index (χ1v) is 10.6. The monoisotopic (exact) mass is 420 g/mol. The van der Waals surface area contributed by atoms with Crippen molar-refractivity contribution in [2.24, 2.45) is 5.41 Å². The van der Waals surface area contributed by atoms with Crippen molar-refractivity contribution in [3.8, 4) is 11.5 Å². The molecule has 0 aliphatic heterocycles. The summed E-state index contributed by atoms with van der Waals surface area (Å²) in [7, 11) is -3.90. The van der Waals surface area contributed by atoms with Gasteiger partial charge in [-0.1, -0.05) is 18.2 Å². The third kappa shape index (κ3) is 5.79. The van der Waals surface area contributed by atoms with Crippen LogP contribution in [0.5, 0.6) is 11.5 Å². The lowest BCUT2D eigenvalue weighted by atomic mass is 10.1. The van der Waals surface area contributed by atoms with Crippen LogP contribution in [0.25, 0.3) is 0 Å². The molecule has 1 atom stereocenters. The minimum absolute atomic E-state index is 0.000183. The Bertz CT molecular complexity index is 914. The van der Waals surface area contributed by atoms with Crippen molar-refractivity contribution in [1.82, 2.24) is 5.09 Å². The van der Waals surface area contributed by atoms with Crippen molar-refractivity contribution >= 4 is 19.4 Å². The maximum atomic E-state index is 13.2. The van der Waals surface area contributed by atoms with Gasteiger partial charge in [-0.15, -0.1) is 0 Å². The molecule has 29 heavy (non-hydrogen) atoms. The van der Waals surface area contributed by atoms with Gasteiger partial charge in [0.25, 0.3) is 5.69 Å². The number of para-hydroxylation sites is 1. The highest BCUT2D eigenvalue weighted by atomic mass is 31.2. The largest absolute Gasteiger partial charge is 0.513 e. The second-order valence-electron chi connectivity index (χ2n) is 6.85. The number of carbonyl (C=O) groups excluding carboxylic acids is 1. The molecule has 1 fully saturated rings. The number of nitrogens with zero attached hydrogens (tertiary/aromatic N) is 1. The number of nitrogens with one attached hydrogen (secondary N) is 1. The van der Waals surface area contributed by atoms with E-state index in [0.717, 1.165) is 12.8 Å². The third-order valence-electron chi connectivity index (χ3n) is 4.38. The standard InChI is InChI=1S/C19H21N2O7P/c1-19(11-12-19)18(22)26-14-13-20-29(25,27-16-5-3-2-4-6-16)28-17-9-7-15(8-10-17)21(23)24/h2-10H,11-14H2,1H3,(H,20,25). The Kier molecular flexibility index (Phi) is 6.20. The van der Waals surface area contributed by atoms with E-state index in [2.05, 4.69) is 5.09 Å². The van der Waals surface area contributed by atoms with Gasteiger partial charge in [0.2, 0.25) is 0 Å². The molecule has 1 N–H and O–H groups in total. The molecular formula is C19H21N2O7P. The zero-order valence-corrected chi connectivity index (χ0v) is 16.7. The van der Waals surface area contributed by atoms with Crippen molar-refractivity contribution in [3.05, 3.63) is 64.7 Å². The maximum Gasteiger partial charge on any atom is 0.513 e. The average molecular weight is 420 g/mol. The summed E-state index contributed by atoms with van der Waals surface area (Å²) >= 11 is 0. The van der Waals surface area contributed by atoms with Gasteiger partial charge in [-0.25, -0.2) is 4.57 Å². The third-order valence-corrected chi connectivity index (χ3v) is 5.89. The smallest absolute Gasteiger partial charge is 0.464 e. The van der Waals surface area contributed by atoms with Gasteiger partial charge in [0.1, 0.15) is 18.1 Å². The van der Waals surface area contributed by atoms with Crippen LogP contribution in [-0.2, 0) is 14.1 Å². The molecule has 9 nitrogen and oxygen atoms in total. The number of non-ortho nitro benzene ring substituents is 1. The normalized spacial score (nSPS) is 16.3. The van der Waals surface area contributed by atoms with Gasteiger partial charge in [0.05, 0.1) is 10.3 Å². The second-order valence-corrected chi connectivity index (χ2v) is 8.53. The fourth-order valence-electron chi connectivity index (χ4n) is 2.36. The molecule has 2 aromatic carbocycles. The molecule has 1 saturated carbocycles. The van der Waals surface area contributed by atoms with Crippen LogP contribution in [0, 0.1) is 15.5 Å². The highest BCUT2D eigenvalue weighted by Crippen LogP contribution is 2.46. The zero-order chi connectivity index (χ0) is 20.9. The van der Waals surface area contributed by atoms with E-state index in [1.807, 2.05) is 6.92 Å². The molecular weight excluding hydrogens is 399 g/mol. The fraction of sp³-hybridized carbons (Fsp3) is 0.316. The minimum atomic E-state index is -3.90. The van der Waals surface area contributed by atoms with Gasteiger partial charge < -0.3 is 13.8 Å². The quantitative estimate of drug-likeness (QED) is 0.201. The van der Waals surface area contributed by atoms with Crippen molar-refractivity contribution in [2.75, 3.05) is 13.2 Å². The zero-order valence-electron chi connectivity index (χ0n) is 15.8. The number of nitro groups is 1. The number of ether oxygens (including phenoxy) is 1. The Labute approximate surface area is 167 Å². The Morgan fingerprint density at radius 2 is 1.69 bits per heavy atom. The van der Waals surface area contributed by atoms with Gasteiger partial charge in [0, 0.05) is 18.7 Å². The van der Waals surface area contributed by atoms with Crippen LogP contribution in [0.2, 0.25) is 0 Å². The van der Waals surface area contributed by atoms with Crippen molar-refractivity contribution < 1.29 is 28.1 Å². The van der Waals surface area contributed by atoms with Crippen LogP contribution in [0.3, 0.4) is 0 Å². The molecule has 0 saturated heterocycles. The molecule has 0 spiro atoms. The molecule has 0 heterocycles. The summed E-state index contributed by atoms with van der Waals surface area (Å²) in [6.07, 6.45) is 1.61. The van der Waals surface area contributed by atoms with E-state index in [1.54, 1.807) is 30.3 Å². The molecule has 0 radical (unpaired) electrons. The van der Waals surface area contributed by atoms with Crippen LogP contribution in [0.1, 0.15) is 19.8 Å². The Hall–Kier alpha value is -2.90. The van der Waals surface area contributed by atoms with Gasteiger partial charge in [-0.05, 0) is 44.0 Å². The lowest BCUT2D eigenvalue weighted by Crippen LogP contribution is -2.25. The minimum Gasteiger partial charge on any atom is -0.464 e. The number of carbonyl (C=O) groups is 1. The number of benzene rings is 2. The molecule has 10 heteroatoms. The van der Waals surface area contributed by atoms with Gasteiger partial charge in [-0.2, -0.15) is 5.09 Å². The van der Waals surface area contributed by atoms with Crippen molar-refractivity contribution in [3.63, 3.8) is 0 Å². The van der Waals surface area contributed by atoms with E-state index in [4.69, 9.17) is 13.8 Å². The summed E-state index contributed by atoms with van der Waals surface area (Å²) in [4.78, 5) is 22.1. The average Bonchev–Trinajstić information content (AvgIpc) is 3.45. The van der Waals surface area contributed by atoms with E-state index >= 15 is 0 Å². The molecule has 0 bridgehead atoms. The van der Waals surface area contributed by atoms with E-state index in [1.165, 1.54) is 24.3 Å². The summed E-state index contributed by atoms with van der Waals surface area (Å²) in [5.41, 5.74) is -0.524. The topological polar surface area (TPSA) is 117 Å². The van der Waals surface area contributed by atoms with E-state index < -0.39 is 18.1 Å². The second kappa shape index (κ2) is 8.63. The number of hydrogen-bond acceptors (Lipinski definition) is 7. The van der Waals surface area contributed by atoms with Gasteiger partial charge in [0.15, 0.2) is 0 Å². The summed E-state index contributed by atoms with van der Waals surface area (Å²) in [6.45, 7) is 1.88. The summed E-state index contributed by atoms with van der Waals surface area (Å²) < 4.78 is 29.4. The van der Waals surface area contributed by atoms with E-state index in [-0.39, 0.29) is 30.6 Å². The van der Waals surface area contributed by atoms with Crippen molar-refractivity contribution in [2.45, 2.75) is 19.8 Å². The Morgan fingerprint density at radius 1 is 1.10 bits per heavy atom. The Balaban J connectivity index is 1.64. The SMILES string of the molecule is CC1(C(=O)OCCNP(=O)(Oc2ccccc2)Oc2ccc([N+](=O)[O-])cc2)CC1. The number of hydrogen-bond donors (Lipinski definition) is 1. The van der Waals surface area contributed by atoms with E-state index in [0.29, 0.717) is 5.75 Å². The number of rotatable bonds is 10. The molecule has 2 aromatic rings. The van der Waals surface area contributed by atoms with Gasteiger partial charge in [-0.3, -0.25) is 14.9 Å². The predicted octanol–water partition coefficient (Wildman–Crippen LogP) is 4.09. The van der Waals surface area contributed by atoms with Crippen LogP contribution in [-0.4, -0.2) is 24.0 Å². The van der Waals surface area contributed by atoms with Crippen LogP contribution >= 0.6 is 7.75 Å². The van der Waals surface area contributed by atoms with E-state index in [9.17, 15) is 19.5 Å². The first kappa shape index (κ1) is 20.8. The Morgan fingerprint density at radius 3 is 2.24 bits per heavy atom. The first-order valence-electron chi connectivity index (χ1n) is 9.01. The van der Waals surface area contributed by atoms with Crippen LogP contribution < -0.4 is 14.1 Å². The first-order chi connectivity index (χ1) is 13.8. The number of nitro benzene ring substituents is 1. The summed E-state index contributed by atoms with van der Waals surface area (Å²) in [5.74, 6) is 0.159. The molecule has 1 aliphatic carbocycles. The van der Waals surface area contributed by atoms with Gasteiger partial charge >= 0.3 is 13.7 Å². The highest BCUT2D eigenvalue weighted by molar-refractivity contribution is 7.52. The predicted molar refractivity (Wildman–Crippen MR) is 105 cm³/mol. The highest BCUT2D eigenvalue weighted by Gasteiger charge is 2.46. The van der Waals surface area contributed by atoms with Crippen molar-refractivity contribution in [1.29, 1.82) is 0 Å². The van der Waals surface area contributed by atoms with Crippen LogP contribution in [0.15, 0.2) is 54.6 Å². The lowest BCUT2D eigenvalue weighted by Gasteiger charge is -2.20. The molecule has 1 aliphatic rings. The molecule has 1 unspecified atom stereocenters. The molecule has 154 valence electrons. The summed E-state index contributed by atoms with van der Waals surface area (Å²) in [5, 5.41) is 13.4. The number of esters is 1. The molecule has 0 amide bonds. The lowest BCUT2D eigenvalue weighted by molar-refractivity contribution is -0.384. The molecule has 0 aromatic heterocycles. The summed E-state index contributed by atoms with van der Waals surface area (Å²) in [6, 6.07) is 13.6. The maximum absolute atomic E-state index is 13.2.